The summed E-state index contributed by atoms with van der Waals surface area (Å²) in [4.78, 5) is 7.73. The summed E-state index contributed by atoms with van der Waals surface area (Å²) >= 11 is 5.45. The van der Waals surface area contributed by atoms with Crippen molar-refractivity contribution in [2.45, 2.75) is 44.6 Å². The maximum atomic E-state index is 5.45. The lowest BCUT2D eigenvalue weighted by Gasteiger charge is -2.16. The van der Waals surface area contributed by atoms with Gasteiger partial charge in [-0.3, -0.25) is 4.57 Å². The third kappa shape index (κ3) is 2.02. The number of rotatable bonds is 1. The summed E-state index contributed by atoms with van der Waals surface area (Å²) < 4.78 is 3.06. The van der Waals surface area contributed by atoms with Gasteiger partial charge in [-0.1, -0.05) is 25.7 Å². The molecule has 1 aliphatic rings. The Balaban J connectivity index is 2.09. The van der Waals surface area contributed by atoms with Crippen molar-refractivity contribution in [1.29, 1.82) is 0 Å². The molecule has 1 saturated carbocycles. The minimum absolute atomic E-state index is 0.536. The minimum atomic E-state index is 0.536. The lowest BCUT2D eigenvalue weighted by molar-refractivity contribution is 0.448. The quantitative estimate of drug-likeness (QED) is 0.610. The predicted molar refractivity (Wildman–Crippen MR) is 71.7 cm³/mol. The van der Waals surface area contributed by atoms with Crippen LogP contribution < -0.4 is 0 Å². The number of aromatic amines is 1. The zero-order valence-electron chi connectivity index (χ0n) is 9.85. The Bertz CT molecular complexity index is 561. The van der Waals surface area contributed by atoms with E-state index in [2.05, 4.69) is 14.5 Å². The van der Waals surface area contributed by atoms with Gasteiger partial charge in [-0.25, -0.2) is 4.98 Å². The van der Waals surface area contributed by atoms with E-state index >= 15 is 0 Å². The smallest absolute Gasteiger partial charge is 0.179 e. The molecule has 3 nitrogen and oxygen atoms in total. The maximum Gasteiger partial charge on any atom is 0.179 e. The largest absolute Gasteiger partial charge is 0.329 e. The van der Waals surface area contributed by atoms with Gasteiger partial charge in [-0.05, 0) is 37.2 Å². The van der Waals surface area contributed by atoms with E-state index in [1.54, 1.807) is 0 Å². The first-order chi connectivity index (χ1) is 8.36. The molecule has 0 saturated heterocycles. The van der Waals surface area contributed by atoms with Gasteiger partial charge >= 0.3 is 0 Å². The van der Waals surface area contributed by atoms with Crippen LogP contribution in [0.25, 0.3) is 11.2 Å². The van der Waals surface area contributed by atoms with Gasteiger partial charge < -0.3 is 4.98 Å². The van der Waals surface area contributed by atoms with Crippen molar-refractivity contribution in [3.05, 3.63) is 23.1 Å². The van der Waals surface area contributed by atoms with E-state index in [0.29, 0.717) is 6.04 Å². The number of hydrogen-bond acceptors (Lipinski definition) is 2. The van der Waals surface area contributed by atoms with Gasteiger partial charge in [-0.2, -0.15) is 0 Å². The number of imidazole rings is 1. The second-order valence-corrected chi connectivity index (χ2v) is 5.21. The lowest BCUT2D eigenvalue weighted by Crippen LogP contribution is -2.08. The topological polar surface area (TPSA) is 33.6 Å². The van der Waals surface area contributed by atoms with Crippen LogP contribution in [0.15, 0.2) is 18.3 Å². The number of hydrogen-bond donors (Lipinski definition) is 1. The molecule has 1 N–H and O–H groups in total. The van der Waals surface area contributed by atoms with Crippen molar-refractivity contribution < 1.29 is 0 Å². The molecule has 1 fully saturated rings. The zero-order chi connectivity index (χ0) is 11.7. The Hall–Kier alpha value is -1.16. The Labute approximate surface area is 106 Å². The van der Waals surface area contributed by atoms with Crippen LogP contribution in [0, 0.1) is 4.77 Å². The SMILES string of the molecule is S=c1[nH]c2cccnc2n1C1CCCCCC1. The van der Waals surface area contributed by atoms with Crippen LogP contribution >= 0.6 is 12.2 Å². The van der Waals surface area contributed by atoms with Crippen LogP contribution in [-0.4, -0.2) is 14.5 Å². The molecule has 0 spiro atoms. The second kappa shape index (κ2) is 4.61. The third-order valence-electron chi connectivity index (χ3n) is 3.67. The molecule has 0 amide bonds. The summed E-state index contributed by atoms with van der Waals surface area (Å²) in [5.74, 6) is 0. The average molecular weight is 247 g/mol. The summed E-state index contributed by atoms with van der Waals surface area (Å²) in [5, 5.41) is 0. The first kappa shape index (κ1) is 11.0. The van der Waals surface area contributed by atoms with Gasteiger partial charge in [0.2, 0.25) is 0 Å². The van der Waals surface area contributed by atoms with Gasteiger partial charge in [0, 0.05) is 12.2 Å². The van der Waals surface area contributed by atoms with E-state index in [0.717, 1.165) is 15.9 Å². The molecule has 0 aromatic carbocycles. The Morgan fingerprint density at radius 1 is 1.24 bits per heavy atom. The van der Waals surface area contributed by atoms with Gasteiger partial charge in [0.15, 0.2) is 10.4 Å². The first-order valence-electron chi connectivity index (χ1n) is 6.41. The predicted octanol–water partition coefficient (Wildman–Crippen LogP) is 3.99. The molecule has 0 aliphatic heterocycles. The Morgan fingerprint density at radius 3 is 2.76 bits per heavy atom. The monoisotopic (exact) mass is 247 g/mol. The number of pyridine rings is 1. The molecule has 2 heterocycles. The summed E-state index contributed by atoms with van der Waals surface area (Å²) in [6.45, 7) is 0. The van der Waals surface area contributed by atoms with Crippen LogP contribution in [0.4, 0.5) is 0 Å². The molecule has 4 heteroatoms. The van der Waals surface area contributed by atoms with E-state index in [9.17, 15) is 0 Å². The fraction of sp³-hybridized carbons (Fsp3) is 0.538. The highest BCUT2D eigenvalue weighted by molar-refractivity contribution is 7.71. The Kier molecular flexibility index (Phi) is 2.97. The van der Waals surface area contributed by atoms with E-state index in [4.69, 9.17) is 12.2 Å². The van der Waals surface area contributed by atoms with Crippen LogP contribution in [0.5, 0.6) is 0 Å². The van der Waals surface area contributed by atoms with Crippen molar-refractivity contribution in [3.63, 3.8) is 0 Å². The van der Waals surface area contributed by atoms with Crippen LogP contribution in [0.2, 0.25) is 0 Å². The highest BCUT2D eigenvalue weighted by Gasteiger charge is 2.17. The van der Waals surface area contributed by atoms with Gasteiger partial charge in [0.05, 0.1) is 5.52 Å². The second-order valence-electron chi connectivity index (χ2n) is 4.82. The highest BCUT2D eigenvalue weighted by atomic mass is 32.1. The highest BCUT2D eigenvalue weighted by Crippen LogP contribution is 2.29. The summed E-state index contributed by atoms with van der Waals surface area (Å²) in [5.41, 5.74) is 2.08. The van der Waals surface area contributed by atoms with Crippen molar-refractivity contribution in [3.8, 4) is 0 Å². The van der Waals surface area contributed by atoms with E-state index in [-0.39, 0.29) is 0 Å². The van der Waals surface area contributed by atoms with Gasteiger partial charge in [0.25, 0.3) is 0 Å². The van der Waals surface area contributed by atoms with Crippen molar-refractivity contribution in [2.75, 3.05) is 0 Å². The minimum Gasteiger partial charge on any atom is -0.329 e. The summed E-state index contributed by atoms with van der Waals surface area (Å²) in [6.07, 6.45) is 9.66. The number of nitrogens with zero attached hydrogens (tertiary/aromatic N) is 2. The first-order valence-corrected chi connectivity index (χ1v) is 6.82. The molecule has 17 heavy (non-hydrogen) atoms. The summed E-state index contributed by atoms with van der Waals surface area (Å²) in [6, 6.07) is 4.53. The maximum absolute atomic E-state index is 5.45. The van der Waals surface area contributed by atoms with Gasteiger partial charge in [0.1, 0.15) is 0 Å². The van der Waals surface area contributed by atoms with Crippen molar-refractivity contribution >= 4 is 23.4 Å². The molecule has 0 bridgehead atoms. The fourth-order valence-corrected chi connectivity index (χ4v) is 3.16. The van der Waals surface area contributed by atoms with E-state index in [1.807, 2.05) is 18.3 Å². The van der Waals surface area contributed by atoms with E-state index in [1.165, 1.54) is 38.5 Å². The molecular formula is C13H17N3S. The zero-order valence-corrected chi connectivity index (χ0v) is 10.7. The van der Waals surface area contributed by atoms with E-state index < -0.39 is 0 Å². The average Bonchev–Trinajstić information content (AvgIpc) is 2.53. The van der Waals surface area contributed by atoms with Crippen LogP contribution in [-0.2, 0) is 0 Å². The van der Waals surface area contributed by atoms with Crippen molar-refractivity contribution in [2.24, 2.45) is 0 Å². The fourth-order valence-electron chi connectivity index (χ4n) is 2.81. The molecule has 90 valence electrons. The Morgan fingerprint density at radius 2 is 2.00 bits per heavy atom. The molecule has 3 rings (SSSR count). The molecule has 2 aromatic heterocycles. The third-order valence-corrected chi connectivity index (χ3v) is 3.96. The van der Waals surface area contributed by atoms with Crippen LogP contribution in [0.3, 0.4) is 0 Å². The standard InChI is InChI=1S/C13H17N3S/c17-13-15-11-8-5-9-14-12(11)16(13)10-6-3-1-2-4-7-10/h5,8-10H,1-4,6-7H2,(H,15,17). The van der Waals surface area contributed by atoms with Gasteiger partial charge in [-0.15, -0.1) is 0 Å². The number of aromatic nitrogens is 3. The molecular weight excluding hydrogens is 230 g/mol. The number of nitrogens with one attached hydrogen (secondary N) is 1. The normalized spacial score (nSPS) is 18.4. The molecule has 2 aromatic rings. The number of fused-ring (bicyclic) bond motifs is 1. The summed E-state index contributed by atoms with van der Waals surface area (Å²) in [7, 11) is 0. The van der Waals surface area contributed by atoms with Crippen LogP contribution in [0.1, 0.15) is 44.6 Å². The molecule has 0 radical (unpaired) electrons. The lowest BCUT2D eigenvalue weighted by atomic mass is 10.1. The molecule has 0 unspecified atom stereocenters. The van der Waals surface area contributed by atoms with Crippen molar-refractivity contribution in [1.82, 2.24) is 14.5 Å². The number of H-pyrrole nitrogens is 1. The molecule has 0 atom stereocenters. The molecule has 1 aliphatic carbocycles.